The van der Waals surface area contributed by atoms with Crippen LogP contribution in [-0.2, 0) is 38.0 Å². The van der Waals surface area contributed by atoms with Gasteiger partial charge in [-0.25, -0.2) is 0 Å². The third kappa shape index (κ3) is 9.88. The van der Waals surface area contributed by atoms with Crippen molar-refractivity contribution in [2.75, 3.05) is 27.8 Å². The molecule has 18 atom stereocenters. The van der Waals surface area contributed by atoms with Crippen LogP contribution in [0.25, 0.3) is 0 Å². The monoisotopic (exact) mass is 733 g/mol. The van der Waals surface area contributed by atoms with E-state index in [1.165, 1.54) is 14.0 Å². The zero-order valence-electron chi connectivity index (χ0n) is 32.7. The smallest absolute Gasteiger partial charge is 0.314 e. The summed E-state index contributed by atoms with van der Waals surface area (Å²) in [6.07, 6.45) is -9.05. The molecule has 3 heterocycles. The van der Waals surface area contributed by atoms with Gasteiger partial charge in [-0.05, 0) is 61.1 Å². The van der Waals surface area contributed by atoms with E-state index in [0.717, 1.165) is 0 Å². The van der Waals surface area contributed by atoms with Gasteiger partial charge >= 0.3 is 5.97 Å². The highest BCUT2D eigenvalue weighted by atomic mass is 16.7. The zero-order valence-corrected chi connectivity index (χ0v) is 32.7. The van der Waals surface area contributed by atoms with Crippen LogP contribution in [0.5, 0.6) is 0 Å². The summed E-state index contributed by atoms with van der Waals surface area (Å²) >= 11 is 0. The Bertz CT molecular complexity index is 1140. The second kappa shape index (κ2) is 17.9. The molecule has 14 nitrogen and oxygen atoms in total. The van der Waals surface area contributed by atoms with Gasteiger partial charge in [0.1, 0.15) is 30.0 Å². The number of cyclic esters (lactones) is 1. The fourth-order valence-electron chi connectivity index (χ4n) is 8.40. The van der Waals surface area contributed by atoms with E-state index in [4.69, 9.17) is 28.4 Å². The van der Waals surface area contributed by atoms with Crippen molar-refractivity contribution < 1.29 is 63.5 Å². The van der Waals surface area contributed by atoms with Crippen molar-refractivity contribution >= 4 is 11.8 Å². The molecule has 14 heteroatoms. The number of likely N-dealkylation sites (N-methyl/N-ethyl adjacent to an activating group) is 1. The Balaban J connectivity index is 2.19. The van der Waals surface area contributed by atoms with Gasteiger partial charge in [-0.15, -0.1) is 0 Å². The van der Waals surface area contributed by atoms with Crippen molar-refractivity contribution in [1.82, 2.24) is 4.90 Å². The lowest BCUT2D eigenvalue weighted by Crippen LogP contribution is -2.61. The Morgan fingerprint density at radius 2 is 1.55 bits per heavy atom. The fraction of sp³-hybridized carbons (Fsp3) is 0.946. The van der Waals surface area contributed by atoms with E-state index in [1.807, 2.05) is 25.9 Å². The molecule has 3 saturated heterocycles. The Hall–Kier alpha value is -1.30. The molecule has 0 amide bonds. The predicted molar refractivity (Wildman–Crippen MR) is 186 cm³/mol. The van der Waals surface area contributed by atoms with E-state index < -0.39 is 109 Å². The number of ketones is 1. The minimum atomic E-state index is -1.80. The number of aliphatic hydroxyl groups is 5. The van der Waals surface area contributed by atoms with Gasteiger partial charge in [-0.3, -0.25) is 9.59 Å². The maximum atomic E-state index is 14.1. The number of carbonyl (C=O) groups excluding carboxylic acids is 2. The van der Waals surface area contributed by atoms with Crippen LogP contribution in [0.2, 0.25) is 0 Å². The largest absolute Gasteiger partial charge is 0.462 e. The molecule has 298 valence electrons. The second-order valence-corrected chi connectivity index (χ2v) is 16.2. The number of aliphatic hydroxyl groups excluding tert-OH is 4. The van der Waals surface area contributed by atoms with Gasteiger partial charge in [0.2, 0.25) is 0 Å². The molecule has 0 spiro atoms. The molecular weight excluding hydrogens is 666 g/mol. The van der Waals surface area contributed by atoms with E-state index in [1.54, 1.807) is 48.5 Å². The Morgan fingerprint density at radius 1 is 0.922 bits per heavy atom. The molecule has 3 aliphatic rings. The number of methoxy groups -OCH3 is 1. The molecular formula is C37H67NO13. The Labute approximate surface area is 304 Å². The number of Topliss-reactive ketones (excluding diaryl/α,β-unsaturated/α-hetero) is 1. The second-order valence-electron chi connectivity index (χ2n) is 16.2. The summed E-state index contributed by atoms with van der Waals surface area (Å²) in [5, 5.41) is 56.9. The maximum Gasteiger partial charge on any atom is 0.314 e. The molecule has 3 fully saturated rings. The summed E-state index contributed by atoms with van der Waals surface area (Å²) in [6.45, 7) is 14.6. The van der Waals surface area contributed by atoms with Gasteiger partial charge in [-0.2, -0.15) is 0 Å². The molecule has 0 aromatic heterocycles. The third-order valence-electron chi connectivity index (χ3n) is 11.8. The highest BCUT2D eigenvalue weighted by Gasteiger charge is 2.53. The molecule has 0 saturated carbocycles. The standard InChI is InChI=1S/C37H67NO13/c1-13-26-20(4)29(41)21(5)28(40)18(2)15-36(8,45)33(51-35-30(42)25(38(10)11)14-19(3)47-35)22(6)31(24(17-39)34(44)49-26)50-27-16-37(9,46-12)32(43)23(7)48-27/h18-27,29-33,35,39,41-43,45H,13-17H2,1-12H3/t18-,19-,20+,21+,22+,23+,24-,25+,26?,27+,29+,30-,31?,32+,33-,35+,36-,37-/m1/s1. The highest BCUT2D eigenvalue weighted by Crippen LogP contribution is 2.40. The predicted octanol–water partition coefficient (Wildman–Crippen LogP) is 1.64. The first kappa shape index (κ1) is 44.1. The first-order chi connectivity index (χ1) is 23.6. The summed E-state index contributed by atoms with van der Waals surface area (Å²) in [6, 6.07) is -0.337. The van der Waals surface area contributed by atoms with Crippen LogP contribution in [0, 0.1) is 29.6 Å². The van der Waals surface area contributed by atoms with Crippen LogP contribution < -0.4 is 0 Å². The van der Waals surface area contributed by atoms with Gasteiger partial charge in [0, 0.05) is 43.2 Å². The Kier molecular flexibility index (Phi) is 15.5. The van der Waals surface area contributed by atoms with Crippen molar-refractivity contribution in [2.45, 2.75) is 167 Å². The van der Waals surface area contributed by atoms with Crippen LogP contribution >= 0.6 is 0 Å². The van der Waals surface area contributed by atoms with Crippen molar-refractivity contribution in [3.8, 4) is 0 Å². The van der Waals surface area contributed by atoms with Gasteiger partial charge in [-0.1, -0.05) is 34.6 Å². The molecule has 0 bridgehead atoms. The number of carbonyl (C=O) groups is 2. The normalized spacial score (nSPS) is 48.3. The van der Waals surface area contributed by atoms with E-state index >= 15 is 0 Å². The summed E-state index contributed by atoms with van der Waals surface area (Å²) in [7, 11) is 5.15. The summed E-state index contributed by atoms with van der Waals surface area (Å²) in [5.74, 6) is -5.57. The lowest BCUT2D eigenvalue weighted by molar-refractivity contribution is -0.318. The SMILES string of the molecule is CCC1OC(=O)[C@H](CO)C(O[C@H]2C[C@@](C)(OC)[C@@H](O)[C@H](C)O2)[C@H](C)[C@@H](O[C@@H]2O[C@H](C)C[C@H](N(C)C)[C@H]2O)[C@](C)(O)C[C@@H](C)C(=O)[C@H](C)[C@@H](O)[C@H]1C. The summed E-state index contributed by atoms with van der Waals surface area (Å²) in [4.78, 5) is 29.8. The van der Waals surface area contributed by atoms with Crippen molar-refractivity contribution in [2.24, 2.45) is 29.6 Å². The maximum absolute atomic E-state index is 14.1. The van der Waals surface area contributed by atoms with E-state index in [-0.39, 0.29) is 30.8 Å². The molecule has 0 aromatic carbocycles. The molecule has 3 aliphatic heterocycles. The quantitative estimate of drug-likeness (QED) is 0.226. The van der Waals surface area contributed by atoms with Gasteiger partial charge in [0.15, 0.2) is 12.6 Å². The fourth-order valence-corrected chi connectivity index (χ4v) is 8.40. The van der Waals surface area contributed by atoms with Crippen LogP contribution in [0.3, 0.4) is 0 Å². The lowest BCUT2D eigenvalue weighted by Gasteiger charge is -2.49. The highest BCUT2D eigenvalue weighted by molar-refractivity contribution is 5.83. The van der Waals surface area contributed by atoms with E-state index in [0.29, 0.717) is 12.8 Å². The molecule has 3 rings (SSSR count). The molecule has 2 unspecified atom stereocenters. The molecule has 0 aliphatic carbocycles. The topological polar surface area (TPSA) is 194 Å². The number of rotatable bonds is 8. The lowest BCUT2D eigenvalue weighted by atomic mass is 9.74. The van der Waals surface area contributed by atoms with Crippen molar-refractivity contribution in [1.29, 1.82) is 0 Å². The van der Waals surface area contributed by atoms with Crippen LogP contribution in [-0.4, -0.2) is 149 Å². The number of ether oxygens (including phenoxy) is 6. The van der Waals surface area contributed by atoms with Crippen LogP contribution in [0.1, 0.15) is 88.0 Å². The number of esters is 1. The van der Waals surface area contributed by atoms with E-state index in [9.17, 15) is 35.1 Å². The summed E-state index contributed by atoms with van der Waals surface area (Å²) < 4.78 is 37.1. The minimum Gasteiger partial charge on any atom is -0.462 e. The summed E-state index contributed by atoms with van der Waals surface area (Å²) in [5.41, 5.74) is -2.88. The zero-order chi connectivity index (χ0) is 38.7. The number of hydrogen-bond acceptors (Lipinski definition) is 14. The molecule has 0 radical (unpaired) electrons. The Morgan fingerprint density at radius 3 is 2.10 bits per heavy atom. The van der Waals surface area contributed by atoms with Gasteiger partial charge in [0.05, 0.1) is 48.3 Å². The van der Waals surface area contributed by atoms with Crippen molar-refractivity contribution in [3.05, 3.63) is 0 Å². The van der Waals surface area contributed by atoms with Crippen molar-refractivity contribution in [3.63, 3.8) is 0 Å². The first-order valence-corrected chi connectivity index (χ1v) is 18.6. The number of nitrogens with zero attached hydrogens (tertiary/aromatic N) is 1. The average Bonchev–Trinajstić information content (AvgIpc) is 3.06. The average molecular weight is 734 g/mol. The van der Waals surface area contributed by atoms with Gasteiger partial charge < -0.3 is 58.9 Å². The molecule has 51 heavy (non-hydrogen) atoms. The number of hydrogen-bond donors (Lipinski definition) is 5. The van der Waals surface area contributed by atoms with E-state index in [2.05, 4.69) is 0 Å². The van der Waals surface area contributed by atoms with Gasteiger partial charge in [0.25, 0.3) is 0 Å². The minimum absolute atomic E-state index is 0.0596. The third-order valence-corrected chi connectivity index (χ3v) is 11.8. The first-order valence-electron chi connectivity index (χ1n) is 18.6. The van der Waals surface area contributed by atoms with Crippen LogP contribution in [0.15, 0.2) is 0 Å². The van der Waals surface area contributed by atoms with Crippen LogP contribution in [0.4, 0.5) is 0 Å². The molecule has 0 aromatic rings. The molecule has 5 N–H and O–H groups in total.